The molecule has 112 valence electrons. The van der Waals surface area contributed by atoms with Crippen molar-refractivity contribution in [2.45, 2.75) is 25.8 Å². The van der Waals surface area contributed by atoms with Crippen LogP contribution in [-0.2, 0) is 17.6 Å². The molecule has 0 fully saturated rings. The fourth-order valence-corrected chi connectivity index (χ4v) is 2.76. The van der Waals surface area contributed by atoms with Crippen LogP contribution in [0.15, 0.2) is 65.5 Å². The molecule has 3 nitrogen and oxygen atoms in total. The molecule has 22 heavy (non-hydrogen) atoms. The van der Waals surface area contributed by atoms with Crippen molar-refractivity contribution in [2.75, 3.05) is 0 Å². The number of fused-ring (bicyclic) bond motifs is 1. The van der Waals surface area contributed by atoms with Crippen LogP contribution in [0, 0.1) is 0 Å². The van der Waals surface area contributed by atoms with Gasteiger partial charge in [-0.1, -0.05) is 42.5 Å². The van der Waals surface area contributed by atoms with Crippen LogP contribution in [0.5, 0.6) is 0 Å². The highest BCUT2D eigenvalue weighted by atomic mass is 16.3. The van der Waals surface area contributed by atoms with E-state index >= 15 is 0 Å². The van der Waals surface area contributed by atoms with Gasteiger partial charge in [-0.2, -0.15) is 0 Å². The number of carbonyl (C=O) groups excluding carboxylic acids is 1. The third-order valence-electron chi connectivity index (χ3n) is 3.76. The molecule has 1 amide bonds. The molecule has 3 aromatic rings. The van der Waals surface area contributed by atoms with Crippen molar-refractivity contribution in [1.82, 2.24) is 5.32 Å². The first-order valence-electron chi connectivity index (χ1n) is 7.49. The lowest BCUT2D eigenvalue weighted by Gasteiger charge is -2.13. The molecule has 3 rings (SSSR count). The van der Waals surface area contributed by atoms with Crippen LogP contribution in [0.4, 0.5) is 0 Å². The lowest BCUT2D eigenvalue weighted by molar-refractivity contribution is -0.121. The summed E-state index contributed by atoms with van der Waals surface area (Å²) >= 11 is 0. The highest BCUT2D eigenvalue weighted by Gasteiger charge is 2.11. The van der Waals surface area contributed by atoms with Gasteiger partial charge >= 0.3 is 0 Å². The average molecular weight is 293 g/mol. The lowest BCUT2D eigenvalue weighted by atomic mass is 10.0. The third-order valence-corrected chi connectivity index (χ3v) is 3.76. The van der Waals surface area contributed by atoms with Gasteiger partial charge in [0.1, 0.15) is 0 Å². The van der Waals surface area contributed by atoms with Gasteiger partial charge in [0, 0.05) is 6.04 Å². The SMILES string of the molecule is C[C@H](Cc1ccoc1)NC(=O)Cc1cccc2ccccc12. The number of rotatable bonds is 5. The molecule has 1 atom stereocenters. The first-order valence-corrected chi connectivity index (χ1v) is 7.49. The van der Waals surface area contributed by atoms with E-state index in [-0.39, 0.29) is 11.9 Å². The molecule has 0 spiro atoms. The Balaban J connectivity index is 1.65. The van der Waals surface area contributed by atoms with Crippen molar-refractivity contribution >= 4 is 16.7 Å². The van der Waals surface area contributed by atoms with E-state index in [1.54, 1.807) is 12.5 Å². The van der Waals surface area contributed by atoms with Crippen LogP contribution in [-0.4, -0.2) is 11.9 Å². The minimum atomic E-state index is 0.0485. The zero-order valence-corrected chi connectivity index (χ0v) is 12.6. The smallest absolute Gasteiger partial charge is 0.224 e. The van der Waals surface area contributed by atoms with Crippen molar-refractivity contribution < 1.29 is 9.21 Å². The van der Waals surface area contributed by atoms with Crippen LogP contribution < -0.4 is 5.32 Å². The number of hydrogen-bond donors (Lipinski definition) is 1. The molecule has 0 saturated carbocycles. The minimum absolute atomic E-state index is 0.0485. The summed E-state index contributed by atoms with van der Waals surface area (Å²) in [4.78, 5) is 12.3. The van der Waals surface area contributed by atoms with Crippen molar-refractivity contribution in [3.8, 4) is 0 Å². The maximum absolute atomic E-state index is 12.3. The van der Waals surface area contributed by atoms with E-state index in [1.807, 2.05) is 37.3 Å². The Labute approximate surface area is 130 Å². The van der Waals surface area contributed by atoms with E-state index in [4.69, 9.17) is 4.42 Å². The number of hydrogen-bond acceptors (Lipinski definition) is 2. The summed E-state index contributed by atoms with van der Waals surface area (Å²) < 4.78 is 5.05. The van der Waals surface area contributed by atoms with Gasteiger partial charge in [0.25, 0.3) is 0 Å². The molecule has 0 aliphatic rings. The molecule has 0 unspecified atom stereocenters. The van der Waals surface area contributed by atoms with Crippen LogP contribution in [0.2, 0.25) is 0 Å². The Morgan fingerprint density at radius 2 is 1.95 bits per heavy atom. The third kappa shape index (κ3) is 3.37. The number of amides is 1. The van der Waals surface area contributed by atoms with Gasteiger partial charge in [-0.25, -0.2) is 0 Å². The number of carbonyl (C=O) groups is 1. The molecule has 0 aliphatic heterocycles. The number of benzene rings is 2. The Morgan fingerprint density at radius 1 is 1.14 bits per heavy atom. The lowest BCUT2D eigenvalue weighted by Crippen LogP contribution is -2.35. The normalized spacial score (nSPS) is 12.2. The molecule has 1 N–H and O–H groups in total. The number of nitrogens with one attached hydrogen (secondary N) is 1. The van der Waals surface area contributed by atoms with Crippen molar-refractivity contribution in [2.24, 2.45) is 0 Å². The van der Waals surface area contributed by atoms with Crippen LogP contribution in [0.25, 0.3) is 10.8 Å². The molecule has 1 heterocycles. The Hall–Kier alpha value is -2.55. The van der Waals surface area contributed by atoms with Crippen molar-refractivity contribution in [1.29, 1.82) is 0 Å². The molecule has 2 aromatic carbocycles. The maximum Gasteiger partial charge on any atom is 0.224 e. The quantitative estimate of drug-likeness (QED) is 0.779. The fourth-order valence-electron chi connectivity index (χ4n) is 2.76. The first-order chi connectivity index (χ1) is 10.7. The summed E-state index contributed by atoms with van der Waals surface area (Å²) in [6.07, 6.45) is 4.54. The molecular weight excluding hydrogens is 274 g/mol. The van der Waals surface area contributed by atoms with Gasteiger partial charge < -0.3 is 9.73 Å². The van der Waals surface area contributed by atoms with Gasteiger partial charge in [-0.05, 0) is 41.3 Å². The summed E-state index contributed by atoms with van der Waals surface area (Å²) in [6.45, 7) is 2.01. The van der Waals surface area contributed by atoms with Gasteiger partial charge in [0.2, 0.25) is 5.91 Å². The largest absolute Gasteiger partial charge is 0.472 e. The van der Waals surface area contributed by atoms with E-state index in [0.29, 0.717) is 6.42 Å². The summed E-state index contributed by atoms with van der Waals surface area (Å²) in [5, 5.41) is 5.36. The highest BCUT2D eigenvalue weighted by molar-refractivity contribution is 5.90. The summed E-state index contributed by atoms with van der Waals surface area (Å²) in [6, 6.07) is 16.2. The molecule has 0 radical (unpaired) electrons. The second-order valence-corrected chi connectivity index (χ2v) is 5.62. The first kappa shape index (κ1) is 14.4. The summed E-state index contributed by atoms with van der Waals surface area (Å²) in [5.41, 5.74) is 2.16. The van der Waals surface area contributed by atoms with E-state index < -0.39 is 0 Å². The Kier molecular flexibility index (Phi) is 4.24. The summed E-state index contributed by atoms with van der Waals surface area (Å²) in [7, 11) is 0. The molecule has 3 heteroatoms. The zero-order chi connectivity index (χ0) is 15.4. The number of furan rings is 1. The molecule has 0 aliphatic carbocycles. The second kappa shape index (κ2) is 6.48. The fraction of sp³-hybridized carbons (Fsp3) is 0.211. The topological polar surface area (TPSA) is 42.2 Å². The van der Waals surface area contributed by atoms with Crippen molar-refractivity contribution in [3.05, 3.63) is 72.2 Å². The van der Waals surface area contributed by atoms with E-state index in [2.05, 4.69) is 23.5 Å². The molecule has 1 aromatic heterocycles. The van der Waals surface area contributed by atoms with Crippen molar-refractivity contribution in [3.63, 3.8) is 0 Å². The molecule has 0 bridgehead atoms. The Bertz CT molecular complexity index is 757. The standard InChI is InChI=1S/C19H19NO2/c1-14(11-15-9-10-22-13-15)20-19(21)12-17-7-4-6-16-5-2-3-8-18(16)17/h2-10,13-14H,11-12H2,1H3,(H,20,21)/t14-/m1/s1. The van der Waals surface area contributed by atoms with Gasteiger partial charge in [0.05, 0.1) is 18.9 Å². The van der Waals surface area contributed by atoms with E-state index in [9.17, 15) is 4.79 Å². The van der Waals surface area contributed by atoms with Crippen LogP contribution in [0.3, 0.4) is 0 Å². The molecule has 0 saturated heterocycles. The second-order valence-electron chi connectivity index (χ2n) is 5.62. The predicted octanol–water partition coefficient (Wildman–Crippen LogP) is 3.72. The van der Waals surface area contributed by atoms with Gasteiger partial charge in [-0.3, -0.25) is 4.79 Å². The monoisotopic (exact) mass is 293 g/mol. The predicted molar refractivity (Wildman–Crippen MR) is 87.7 cm³/mol. The van der Waals surface area contributed by atoms with Crippen LogP contribution >= 0.6 is 0 Å². The minimum Gasteiger partial charge on any atom is -0.472 e. The maximum atomic E-state index is 12.3. The summed E-state index contributed by atoms with van der Waals surface area (Å²) in [5.74, 6) is 0.0485. The molecular formula is C19H19NO2. The van der Waals surface area contributed by atoms with Gasteiger partial charge in [-0.15, -0.1) is 0 Å². The average Bonchev–Trinajstić information content (AvgIpc) is 3.00. The van der Waals surface area contributed by atoms with Crippen LogP contribution in [0.1, 0.15) is 18.1 Å². The zero-order valence-electron chi connectivity index (χ0n) is 12.6. The van der Waals surface area contributed by atoms with E-state index in [1.165, 1.54) is 5.39 Å². The van der Waals surface area contributed by atoms with Gasteiger partial charge in [0.15, 0.2) is 0 Å². The highest BCUT2D eigenvalue weighted by Crippen LogP contribution is 2.18. The Morgan fingerprint density at radius 3 is 2.77 bits per heavy atom. The van der Waals surface area contributed by atoms with E-state index in [0.717, 1.165) is 22.9 Å².